The second-order valence-electron chi connectivity index (χ2n) is 10.9. The molecule has 0 spiro atoms. The van der Waals surface area contributed by atoms with Gasteiger partial charge in [-0.1, -0.05) is 115 Å². The summed E-state index contributed by atoms with van der Waals surface area (Å²) in [7, 11) is 0. The molecule has 42 heavy (non-hydrogen) atoms. The van der Waals surface area contributed by atoms with E-state index in [2.05, 4.69) is 78.9 Å². The molecule has 5 nitrogen and oxygen atoms in total. The SMILES string of the molecule is O=C(OCc1ccc(CO)cc1)N1CC[C@H](c2cccc(-c3ccccc3)c2)[C@@H](OCc2ccc3ccccc3c2)C1. The lowest BCUT2D eigenvalue weighted by Gasteiger charge is -2.38. The summed E-state index contributed by atoms with van der Waals surface area (Å²) in [5.74, 6) is 0.143. The minimum absolute atomic E-state index is 0.0101. The van der Waals surface area contributed by atoms with Crippen molar-refractivity contribution in [2.75, 3.05) is 13.1 Å². The smallest absolute Gasteiger partial charge is 0.410 e. The monoisotopic (exact) mass is 557 g/mol. The number of hydrogen-bond acceptors (Lipinski definition) is 4. The van der Waals surface area contributed by atoms with E-state index < -0.39 is 0 Å². The minimum Gasteiger partial charge on any atom is -0.445 e. The highest BCUT2D eigenvalue weighted by atomic mass is 16.6. The maximum absolute atomic E-state index is 13.2. The van der Waals surface area contributed by atoms with Crippen molar-refractivity contribution in [3.63, 3.8) is 0 Å². The van der Waals surface area contributed by atoms with E-state index in [1.807, 2.05) is 42.5 Å². The Morgan fingerprint density at radius 2 is 1.43 bits per heavy atom. The van der Waals surface area contributed by atoms with Gasteiger partial charge in [-0.05, 0) is 56.6 Å². The number of benzene rings is 5. The van der Waals surface area contributed by atoms with Crippen LogP contribution in [0.25, 0.3) is 21.9 Å². The molecule has 0 radical (unpaired) electrons. The molecule has 6 rings (SSSR count). The van der Waals surface area contributed by atoms with E-state index in [-0.39, 0.29) is 31.3 Å². The van der Waals surface area contributed by atoms with E-state index in [9.17, 15) is 9.90 Å². The predicted molar refractivity (Wildman–Crippen MR) is 166 cm³/mol. The first-order valence-electron chi connectivity index (χ1n) is 14.5. The van der Waals surface area contributed by atoms with Gasteiger partial charge in [0.15, 0.2) is 0 Å². The molecule has 0 saturated carbocycles. The third-order valence-electron chi connectivity index (χ3n) is 8.09. The first-order chi connectivity index (χ1) is 20.7. The number of amides is 1. The summed E-state index contributed by atoms with van der Waals surface area (Å²) in [6, 6.07) is 41.3. The van der Waals surface area contributed by atoms with Gasteiger partial charge in [-0.25, -0.2) is 4.79 Å². The first-order valence-corrected chi connectivity index (χ1v) is 14.5. The fraction of sp³-hybridized carbons (Fsp3) is 0.216. The first kappa shape index (κ1) is 27.7. The number of carbonyl (C=O) groups is 1. The number of aliphatic hydroxyl groups is 1. The van der Waals surface area contributed by atoms with Crippen molar-refractivity contribution in [2.24, 2.45) is 0 Å². The van der Waals surface area contributed by atoms with Crippen LogP contribution in [0.5, 0.6) is 0 Å². The molecular weight excluding hydrogens is 522 g/mol. The van der Waals surface area contributed by atoms with Crippen molar-refractivity contribution in [2.45, 2.75) is 38.3 Å². The number of fused-ring (bicyclic) bond motifs is 1. The van der Waals surface area contributed by atoms with Crippen molar-refractivity contribution >= 4 is 16.9 Å². The van der Waals surface area contributed by atoms with Gasteiger partial charge >= 0.3 is 6.09 Å². The Morgan fingerprint density at radius 1 is 0.714 bits per heavy atom. The zero-order valence-electron chi connectivity index (χ0n) is 23.6. The molecule has 1 aliphatic heterocycles. The van der Waals surface area contributed by atoms with Crippen LogP contribution in [0.15, 0.2) is 121 Å². The zero-order chi connectivity index (χ0) is 28.7. The number of hydrogen-bond donors (Lipinski definition) is 1. The van der Waals surface area contributed by atoms with Crippen LogP contribution in [0.4, 0.5) is 4.79 Å². The molecular formula is C37H35NO4. The van der Waals surface area contributed by atoms with E-state index >= 15 is 0 Å². The molecule has 1 amide bonds. The lowest BCUT2D eigenvalue weighted by Crippen LogP contribution is -2.47. The molecule has 5 aromatic rings. The molecule has 5 aromatic carbocycles. The molecule has 1 N–H and O–H groups in total. The standard InChI is InChI=1S/C37H35NO4/c39-24-27-13-15-28(16-14-27)25-42-37(40)38-20-19-35(34-12-6-11-33(22-34)30-7-2-1-3-8-30)36(23-38)41-26-29-17-18-31-9-4-5-10-32(31)21-29/h1-18,21-22,35-36,39H,19-20,23-26H2/t35-,36+/m1/s1. The van der Waals surface area contributed by atoms with Crippen molar-refractivity contribution < 1.29 is 19.4 Å². The number of aliphatic hydroxyl groups excluding tert-OH is 1. The van der Waals surface area contributed by atoms with Gasteiger partial charge in [0.05, 0.1) is 25.9 Å². The Hall–Kier alpha value is -4.45. The number of carbonyl (C=O) groups excluding carboxylic acids is 1. The highest BCUT2D eigenvalue weighted by molar-refractivity contribution is 5.83. The Morgan fingerprint density at radius 3 is 2.24 bits per heavy atom. The topological polar surface area (TPSA) is 59.0 Å². The van der Waals surface area contributed by atoms with E-state index in [4.69, 9.17) is 9.47 Å². The van der Waals surface area contributed by atoms with Crippen molar-refractivity contribution in [3.05, 3.63) is 144 Å². The van der Waals surface area contributed by atoms with Gasteiger partial charge in [-0.3, -0.25) is 0 Å². The third-order valence-corrected chi connectivity index (χ3v) is 8.09. The second-order valence-corrected chi connectivity index (χ2v) is 10.9. The lowest BCUT2D eigenvalue weighted by atomic mass is 9.85. The Kier molecular flexibility index (Phi) is 8.59. The lowest BCUT2D eigenvalue weighted by molar-refractivity contribution is -0.0245. The average Bonchev–Trinajstić information content (AvgIpc) is 3.06. The van der Waals surface area contributed by atoms with Crippen LogP contribution in [0, 0.1) is 0 Å². The van der Waals surface area contributed by atoms with Gasteiger partial charge in [0.25, 0.3) is 0 Å². The molecule has 212 valence electrons. The Labute approximate surface area is 247 Å². The van der Waals surface area contributed by atoms with Crippen LogP contribution in [0.2, 0.25) is 0 Å². The van der Waals surface area contributed by atoms with Crippen molar-refractivity contribution in [1.29, 1.82) is 0 Å². The van der Waals surface area contributed by atoms with Crippen LogP contribution in [0.1, 0.15) is 34.6 Å². The molecule has 0 unspecified atom stereocenters. The summed E-state index contributed by atoms with van der Waals surface area (Å²) < 4.78 is 12.3. The summed E-state index contributed by atoms with van der Waals surface area (Å²) in [5, 5.41) is 11.7. The van der Waals surface area contributed by atoms with Gasteiger partial charge in [-0.15, -0.1) is 0 Å². The third kappa shape index (κ3) is 6.54. The van der Waals surface area contributed by atoms with E-state index in [1.165, 1.54) is 27.5 Å². The highest BCUT2D eigenvalue weighted by Gasteiger charge is 2.34. The van der Waals surface area contributed by atoms with Crippen LogP contribution in [0.3, 0.4) is 0 Å². The quantitative estimate of drug-likeness (QED) is 0.212. The second kappa shape index (κ2) is 13.0. The van der Waals surface area contributed by atoms with Crippen LogP contribution >= 0.6 is 0 Å². The van der Waals surface area contributed by atoms with Crippen molar-refractivity contribution in [3.8, 4) is 11.1 Å². The largest absolute Gasteiger partial charge is 0.445 e. The summed E-state index contributed by atoms with van der Waals surface area (Å²) in [4.78, 5) is 14.9. The summed E-state index contributed by atoms with van der Waals surface area (Å²) >= 11 is 0. The molecule has 5 heteroatoms. The van der Waals surface area contributed by atoms with Gasteiger partial charge in [0, 0.05) is 12.5 Å². The van der Waals surface area contributed by atoms with E-state index in [0.29, 0.717) is 19.7 Å². The molecule has 1 aliphatic rings. The van der Waals surface area contributed by atoms with Gasteiger partial charge in [0.2, 0.25) is 0 Å². The summed E-state index contributed by atoms with van der Waals surface area (Å²) in [6.45, 7) is 1.69. The summed E-state index contributed by atoms with van der Waals surface area (Å²) in [5.41, 5.74) is 6.40. The predicted octanol–water partition coefficient (Wildman–Crippen LogP) is 7.71. The molecule has 1 heterocycles. The Bertz CT molecular complexity index is 1630. The molecule has 0 aliphatic carbocycles. The average molecular weight is 558 g/mol. The number of nitrogens with zero attached hydrogens (tertiary/aromatic N) is 1. The fourth-order valence-corrected chi connectivity index (χ4v) is 5.72. The van der Waals surface area contributed by atoms with Gasteiger partial charge < -0.3 is 19.5 Å². The maximum Gasteiger partial charge on any atom is 0.410 e. The van der Waals surface area contributed by atoms with Crippen LogP contribution in [-0.4, -0.2) is 35.3 Å². The molecule has 0 bridgehead atoms. The molecule has 1 fully saturated rings. The van der Waals surface area contributed by atoms with E-state index in [0.717, 1.165) is 23.1 Å². The number of ether oxygens (including phenoxy) is 2. The molecule has 1 saturated heterocycles. The number of rotatable bonds is 8. The van der Waals surface area contributed by atoms with E-state index in [1.54, 1.807) is 4.90 Å². The van der Waals surface area contributed by atoms with Gasteiger partial charge in [-0.2, -0.15) is 0 Å². The summed E-state index contributed by atoms with van der Waals surface area (Å²) in [6.07, 6.45) is 0.255. The number of piperidine rings is 1. The fourth-order valence-electron chi connectivity index (χ4n) is 5.72. The van der Waals surface area contributed by atoms with Crippen LogP contribution in [-0.2, 0) is 29.3 Å². The van der Waals surface area contributed by atoms with Crippen LogP contribution < -0.4 is 0 Å². The molecule has 2 atom stereocenters. The normalized spacial score (nSPS) is 16.8. The maximum atomic E-state index is 13.2. The van der Waals surface area contributed by atoms with Gasteiger partial charge in [0.1, 0.15) is 6.61 Å². The minimum atomic E-state index is -0.336. The van der Waals surface area contributed by atoms with Crippen molar-refractivity contribution in [1.82, 2.24) is 4.90 Å². The number of likely N-dealkylation sites (tertiary alicyclic amines) is 1. The Balaban J connectivity index is 1.19. The zero-order valence-corrected chi connectivity index (χ0v) is 23.6. The molecule has 0 aromatic heterocycles. The highest BCUT2D eigenvalue weighted by Crippen LogP contribution is 2.34.